The van der Waals surface area contributed by atoms with Gasteiger partial charge >= 0.3 is 0 Å². The van der Waals surface area contributed by atoms with Gasteiger partial charge in [-0.25, -0.2) is 0 Å². The molecule has 0 aliphatic heterocycles. The van der Waals surface area contributed by atoms with E-state index in [-0.39, 0.29) is 0 Å². The molecule has 0 radical (unpaired) electrons. The SMILES string of the molecule is CCn1nccc1C(O)C(C)(C)O. The molecule has 0 saturated heterocycles. The second-order valence-corrected chi connectivity index (χ2v) is 3.63. The van der Waals surface area contributed by atoms with E-state index in [1.54, 1.807) is 30.8 Å². The van der Waals surface area contributed by atoms with Crippen molar-refractivity contribution < 1.29 is 10.2 Å². The molecule has 0 saturated carbocycles. The predicted octanol–water partition coefficient (Wildman–Crippen LogP) is 0.707. The van der Waals surface area contributed by atoms with E-state index in [1.807, 2.05) is 6.92 Å². The van der Waals surface area contributed by atoms with Crippen molar-refractivity contribution in [2.24, 2.45) is 0 Å². The molecule has 0 aromatic carbocycles. The van der Waals surface area contributed by atoms with Gasteiger partial charge in [0.2, 0.25) is 0 Å². The van der Waals surface area contributed by atoms with Crippen molar-refractivity contribution in [3.63, 3.8) is 0 Å². The Morgan fingerprint density at radius 3 is 2.69 bits per heavy atom. The van der Waals surface area contributed by atoms with E-state index in [2.05, 4.69) is 5.10 Å². The first-order chi connectivity index (χ1) is 5.96. The fraction of sp³-hybridized carbons (Fsp3) is 0.667. The number of aliphatic hydroxyl groups is 2. The van der Waals surface area contributed by atoms with Gasteiger partial charge in [0, 0.05) is 12.7 Å². The Balaban J connectivity index is 2.94. The van der Waals surface area contributed by atoms with Crippen LogP contribution in [0.2, 0.25) is 0 Å². The van der Waals surface area contributed by atoms with Crippen molar-refractivity contribution in [2.75, 3.05) is 0 Å². The summed E-state index contributed by atoms with van der Waals surface area (Å²) < 4.78 is 1.67. The summed E-state index contributed by atoms with van der Waals surface area (Å²) in [5.41, 5.74) is -0.484. The van der Waals surface area contributed by atoms with E-state index in [0.717, 1.165) is 0 Å². The molecule has 0 bridgehead atoms. The smallest absolute Gasteiger partial charge is 0.124 e. The normalized spacial score (nSPS) is 14.5. The zero-order valence-electron chi connectivity index (χ0n) is 8.23. The molecule has 0 aliphatic rings. The first kappa shape index (κ1) is 10.2. The summed E-state index contributed by atoms with van der Waals surface area (Å²) in [6, 6.07) is 1.71. The molecule has 1 aromatic rings. The number of aliphatic hydroxyl groups excluding tert-OH is 1. The van der Waals surface area contributed by atoms with Gasteiger partial charge in [0.05, 0.1) is 11.3 Å². The molecule has 13 heavy (non-hydrogen) atoms. The van der Waals surface area contributed by atoms with Gasteiger partial charge < -0.3 is 10.2 Å². The molecule has 4 heteroatoms. The highest BCUT2D eigenvalue weighted by Crippen LogP contribution is 2.24. The van der Waals surface area contributed by atoms with Gasteiger partial charge in [-0.1, -0.05) is 0 Å². The number of hydrogen-bond donors (Lipinski definition) is 2. The first-order valence-corrected chi connectivity index (χ1v) is 4.39. The summed E-state index contributed by atoms with van der Waals surface area (Å²) in [6.07, 6.45) is 0.725. The lowest BCUT2D eigenvalue weighted by atomic mass is 9.99. The van der Waals surface area contributed by atoms with Crippen molar-refractivity contribution in [3.05, 3.63) is 18.0 Å². The molecular weight excluding hydrogens is 168 g/mol. The highest BCUT2D eigenvalue weighted by molar-refractivity contribution is 5.08. The van der Waals surface area contributed by atoms with Crippen LogP contribution in [0.5, 0.6) is 0 Å². The van der Waals surface area contributed by atoms with Crippen molar-refractivity contribution >= 4 is 0 Å². The average Bonchev–Trinajstić information content (AvgIpc) is 2.48. The summed E-state index contributed by atoms with van der Waals surface area (Å²) in [5, 5.41) is 23.3. The minimum atomic E-state index is -1.13. The van der Waals surface area contributed by atoms with E-state index < -0.39 is 11.7 Å². The van der Waals surface area contributed by atoms with Gasteiger partial charge in [0.1, 0.15) is 6.10 Å². The van der Waals surface area contributed by atoms with Gasteiger partial charge in [-0.05, 0) is 26.8 Å². The molecule has 0 amide bonds. The molecule has 1 atom stereocenters. The van der Waals surface area contributed by atoms with Crippen molar-refractivity contribution in [1.82, 2.24) is 9.78 Å². The summed E-state index contributed by atoms with van der Waals surface area (Å²) in [7, 11) is 0. The molecule has 74 valence electrons. The van der Waals surface area contributed by atoms with Gasteiger partial charge in [-0.2, -0.15) is 5.10 Å². The fourth-order valence-electron chi connectivity index (χ4n) is 1.20. The fourth-order valence-corrected chi connectivity index (χ4v) is 1.20. The quantitative estimate of drug-likeness (QED) is 0.727. The third kappa shape index (κ3) is 2.08. The maximum Gasteiger partial charge on any atom is 0.124 e. The molecule has 1 heterocycles. The Labute approximate surface area is 77.8 Å². The highest BCUT2D eigenvalue weighted by atomic mass is 16.3. The van der Waals surface area contributed by atoms with Crippen LogP contribution >= 0.6 is 0 Å². The number of rotatable bonds is 3. The lowest BCUT2D eigenvalue weighted by molar-refractivity contribution is -0.0537. The molecule has 1 aromatic heterocycles. The summed E-state index contributed by atoms with van der Waals surface area (Å²) >= 11 is 0. The molecule has 1 rings (SSSR count). The molecular formula is C9H16N2O2. The highest BCUT2D eigenvalue weighted by Gasteiger charge is 2.28. The van der Waals surface area contributed by atoms with Crippen LogP contribution in [-0.2, 0) is 6.54 Å². The van der Waals surface area contributed by atoms with E-state index >= 15 is 0 Å². The predicted molar refractivity (Wildman–Crippen MR) is 49.2 cm³/mol. The topological polar surface area (TPSA) is 58.3 Å². The van der Waals surface area contributed by atoms with Crippen LogP contribution in [0.15, 0.2) is 12.3 Å². The zero-order valence-corrected chi connectivity index (χ0v) is 8.23. The first-order valence-electron chi connectivity index (χ1n) is 4.39. The largest absolute Gasteiger partial charge is 0.387 e. The van der Waals surface area contributed by atoms with Crippen LogP contribution < -0.4 is 0 Å². The third-order valence-electron chi connectivity index (χ3n) is 2.00. The van der Waals surface area contributed by atoms with Crippen molar-refractivity contribution in [3.8, 4) is 0 Å². The minimum absolute atomic E-state index is 0.648. The Hall–Kier alpha value is -0.870. The number of aryl methyl sites for hydroxylation is 1. The zero-order chi connectivity index (χ0) is 10.1. The molecule has 0 fully saturated rings. The van der Waals surface area contributed by atoms with Gasteiger partial charge in [-0.3, -0.25) is 4.68 Å². The van der Waals surface area contributed by atoms with Gasteiger partial charge in [0.25, 0.3) is 0 Å². The lowest BCUT2D eigenvalue weighted by Gasteiger charge is -2.24. The molecule has 0 aliphatic carbocycles. The van der Waals surface area contributed by atoms with Crippen LogP contribution in [-0.4, -0.2) is 25.6 Å². The summed E-state index contributed by atoms with van der Waals surface area (Å²) in [6.45, 7) is 5.78. The Morgan fingerprint density at radius 1 is 1.62 bits per heavy atom. The summed E-state index contributed by atoms with van der Waals surface area (Å²) in [5.74, 6) is 0. The second kappa shape index (κ2) is 3.47. The van der Waals surface area contributed by atoms with Crippen LogP contribution in [0.4, 0.5) is 0 Å². The van der Waals surface area contributed by atoms with E-state index in [1.165, 1.54) is 0 Å². The second-order valence-electron chi connectivity index (χ2n) is 3.63. The number of hydrogen-bond acceptors (Lipinski definition) is 3. The van der Waals surface area contributed by atoms with Gasteiger partial charge in [-0.15, -0.1) is 0 Å². The third-order valence-corrected chi connectivity index (χ3v) is 2.00. The molecule has 2 N–H and O–H groups in total. The Kier molecular flexibility index (Phi) is 2.73. The molecule has 4 nitrogen and oxygen atoms in total. The monoisotopic (exact) mass is 184 g/mol. The minimum Gasteiger partial charge on any atom is -0.387 e. The van der Waals surface area contributed by atoms with Crippen LogP contribution in [0.1, 0.15) is 32.6 Å². The van der Waals surface area contributed by atoms with Crippen LogP contribution in [0, 0.1) is 0 Å². The maximum absolute atomic E-state index is 9.75. The van der Waals surface area contributed by atoms with Crippen LogP contribution in [0.3, 0.4) is 0 Å². The Morgan fingerprint density at radius 2 is 2.23 bits per heavy atom. The number of aromatic nitrogens is 2. The van der Waals surface area contributed by atoms with Crippen LogP contribution in [0.25, 0.3) is 0 Å². The average molecular weight is 184 g/mol. The van der Waals surface area contributed by atoms with Crippen molar-refractivity contribution in [1.29, 1.82) is 0 Å². The summed E-state index contributed by atoms with van der Waals surface area (Å²) in [4.78, 5) is 0. The standard InChI is InChI=1S/C9H16N2O2/c1-4-11-7(5-6-10-11)8(12)9(2,3)13/h5-6,8,12-13H,4H2,1-3H3. The van der Waals surface area contributed by atoms with Gasteiger partial charge in [0.15, 0.2) is 0 Å². The van der Waals surface area contributed by atoms with E-state index in [9.17, 15) is 10.2 Å². The lowest BCUT2D eigenvalue weighted by Crippen LogP contribution is -2.30. The van der Waals surface area contributed by atoms with Crippen molar-refractivity contribution in [2.45, 2.75) is 39.0 Å². The molecule has 1 unspecified atom stereocenters. The number of nitrogens with zero attached hydrogens (tertiary/aromatic N) is 2. The molecule has 0 spiro atoms. The maximum atomic E-state index is 9.75. The van der Waals surface area contributed by atoms with E-state index in [0.29, 0.717) is 12.2 Å². The van der Waals surface area contributed by atoms with E-state index in [4.69, 9.17) is 0 Å². The Bertz CT molecular complexity index is 275.